The topological polar surface area (TPSA) is 96.3 Å². The monoisotopic (exact) mass is 535 g/mol. The number of carbonyl (C=O) groups excluding carboxylic acids is 2. The van der Waals surface area contributed by atoms with Gasteiger partial charge in [-0.1, -0.05) is 56.3 Å². The summed E-state index contributed by atoms with van der Waals surface area (Å²) < 4.78 is 11.7. The molecule has 0 aromatic heterocycles. The van der Waals surface area contributed by atoms with Gasteiger partial charge in [0.05, 0.1) is 23.9 Å². The number of anilines is 1. The molecular formula is C33H29NO6. The zero-order chi connectivity index (χ0) is 28.2. The summed E-state index contributed by atoms with van der Waals surface area (Å²) in [5, 5.41) is 22.1. The van der Waals surface area contributed by atoms with Crippen molar-refractivity contribution in [3.8, 4) is 23.0 Å². The Morgan fingerprint density at radius 2 is 1.50 bits per heavy atom. The fourth-order valence-corrected chi connectivity index (χ4v) is 4.56. The molecule has 1 amide bonds. The molecule has 1 aliphatic rings. The lowest BCUT2D eigenvalue weighted by Gasteiger charge is -2.26. The predicted molar refractivity (Wildman–Crippen MR) is 153 cm³/mol. The van der Waals surface area contributed by atoms with Crippen LogP contribution in [0.15, 0.2) is 109 Å². The van der Waals surface area contributed by atoms with Crippen molar-refractivity contribution in [2.24, 2.45) is 5.92 Å². The standard InChI is InChI=1S/C33H29NO6/c1-21(2)20-39-24-17-15-22(16-18-24)31(36)29-30(34(33(38)32(29)37)27-13-6-7-14-28(27)35)23-9-8-12-26(19-23)40-25-10-4-3-5-11-25/h3-19,21,30,35-36H,20H2,1-2H3/b31-29-. The molecule has 0 radical (unpaired) electrons. The van der Waals surface area contributed by atoms with Gasteiger partial charge in [0.15, 0.2) is 0 Å². The van der Waals surface area contributed by atoms with Gasteiger partial charge in [0.25, 0.3) is 11.7 Å². The summed E-state index contributed by atoms with van der Waals surface area (Å²) in [7, 11) is 0. The number of ether oxygens (including phenoxy) is 2. The molecule has 5 rings (SSSR count). The third kappa shape index (κ3) is 5.40. The highest BCUT2D eigenvalue weighted by Crippen LogP contribution is 2.45. The summed E-state index contributed by atoms with van der Waals surface area (Å²) in [6, 6.07) is 28.2. The van der Waals surface area contributed by atoms with Crippen molar-refractivity contribution in [1.82, 2.24) is 0 Å². The number of phenols is 1. The van der Waals surface area contributed by atoms with Gasteiger partial charge in [-0.15, -0.1) is 0 Å². The average Bonchev–Trinajstić information content (AvgIpc) is 3.22. The number of aliphatic hydroxyl groups is 1. The third-order valence-electron chi connectivity index (χ3n) is 6.45. The molecule has 1 aliphatic heterocycles. The molecule has 1 atom stereocenters. The van der Waals surface area contributed by atoms with E-state index in [4.69, 9.17) is 9.47 Å². The van der Waals surface area contributed by atoms with Crippen LogP contribution >= 0.6 is 0 Å². The number of carbonyl (C=O) groups is 2. The minimum absolute atomic E-state index is 0.0963. The molecule has 0 aliphatic carbocycles. The molecule has 1 heterocycles. The Hall–Kier alpha value is -5.04. The number of aromatic hydroxyl groups is 1. The van der Waals surface area contributed by atoms with E-state index in [1.54, 1.807) is 66.7 Å². The number of phenolic OH excluding ortho intramolecular Hbond substituents is 1. The first-order valence-corrected chi connectivity index (χ1v) is 13.0. The summed E-state index contributed by atoms with van der Waals surface area (Å²) in [6.07, 6.45) is 0. The number of nitrogens with zero attached hydrogens (tertiary/aromatic N) is 1. The number of Topliss-reactive ketones (excluding diaryl/α,β-unsaturated/α-hetero) is 1. The van der Waals surface area contributed by atoms with E-state index < -0.39 is 17.7 Å². The van der Waals surface area contributed by atoms with Gasteiger partial charge in [-0.25, -0.2) is 0 Å². The van der Waals surface area contributed by atoms with Crippen molar-refractivity contribution in [3.63, 3.8) is 0 Å². The van der Waals surface area contributed by atoms with Gasteiger partial charge in [0, 0.05) is 5.56 Å². The van der Waals surface area contributed by atoms with Crippen LogP contribution in [0.3, 0.4) is 0 Å². The first kappa shape index (κ1) is 26.6. The zero-order valence-electron chi connectivity index (χ0n) is 22.2. The molecule has 4 aromatic carbocycles. The minimum Gasteiger partial charge on any atom is -0.507 e. The van der Waals surface area contributed by atoms with Crippen LogP contribution < -0.4 is 14.4 Å². The van der Waals surface area contributed by atoms with E-state index in [0.717, 1.165) is 0 Å². The molecule has 0 spiro atoms. The number of ketones is 1. The van der Waals surface area contributed by atoms with Gasteiger partial charge in [-0.3, -0.25) is 14.5 Å². The summed E-state index contributed by atoms with van der Waals surface area (Å²) >= 11 is 0. The molecule has 0 saturated carbocycles. The van der Waals surface area contributed by atoms with Gasteiger partial charge < -0.3 is 19.7 Å². The van der Waals surface area contributed by atoms with Crippen LogP contribution in [0.25, 0.3) is 5.76 Å². The molecule has 1 unspecified atom stereocenters. The van der Waals surface area contributed by atoms with Gasteiger partial charge in [0.2, 0.25) is 0 Å². The number of rotatable bonds is 8. The smallest absolute Gasteiger partial charge is 0.300 e. The quantitative estimate of drug-likeness (QED) is 0.146. The zero-order valence-corrected chi connectivity index (χ0v) is 22.2. The number of amides is 1. The maximum atomic E-state index is 13.5. The van der Waals surface area contributed by atoms with Crippen molar-refractivity contribution < 1.29 is 29.3 Å². The van der Waals surface area contributed by atoms with Crippen LogP contribution in [0.5, 0.6) is 23.0 Å². The van der Waals surface area contributed by atoms with Gasteiger partial charge >= 0.3 is 0 Å². The highest BCUT2D eigenvalue weighted by molar-refractivity contribution is 6.51. The van der Waals surface area contributed by atoms with E-state index in [2.05, 4.69) is 0 Å². The molecule has 7 nitrogen and oxygen atoms in total. The number of para-hydroxylation sites is 3. The van der Waals surface area contributed by atoms with Crippen molar-refractivity contribution in [3.05, 3.63) is 120 Å². The van der Waals surface area contributed by atoms with Crippen LogP contribution in [0.4, 0.5) is 5.69 Å². The van der Waals surface area contributed by atoms with Crippen molar-refractivity contribution in [1.29, 1.82) is 0 Å². The van der Waals surface area contributed by atoms with Gasteiger partial charge in [0.1, 0.15) is 28.8 Å². The van der Waals surface area contributed by atoms with Gasteiger partial charge in [-0.05, 0) is 72.1 Å². The third-order valence-corrected chi connectivity index (χ3v) is 6.45. The van der Waals surface area contributed by atoms with Crippen LogP contribution in [0.1, 0.15) is 31.0 Å². The molecule has 7 heteroatoms. The normalized spacial score (nSPS) is 16.4. The Kier molecular flexibility index (Phi) is 7.55. The van der Waals surface area contributed by atoms with E-state index in [1.165, 1.54) is 11.0 Å². The average molecular weight is 536 g/mol. The molecule has 2 N–H and O–H groups in total. The van der Waals surface area contributed by atoms with Crippen molar-refractivity contribution >= 4 is 23.1 Å². The lowest BCUT2D eigenvalue weighted by atomic mass is 9.95. The van der Waals surface area contributed by atoms with Crippen LogP contribution in [-0.2, 0) is 9.59 Å². The number of hydrogen-bond acceptors (Lipinski definition) is 6. The van der Waals surface area contributed by atoms with E-state index in [0.29, 0.717) is 40.9 Å². The molecular weight excluding hydrogens is 506 g/mol. The highest BCUT2D eigenvalue weighted by atomic mass is 16.5. The first-order chi connectivity index (χ1) is 19.3. The van der Waals surface area contributed by atoms with Crippen molar-refractivity contribution in [2.45, 2.75) is 19.9 Å². The van der Waals surface area contributed by atoms with Crippen LogP contribution in [0.2, 0.25) is 0 Å². The Bertz CT molecular complexity index is 1560. The van der Waals surface area contributed by atoms with E-state index in [-0.39, 0.29) is 22.8 Å². The second-order valence-corrected chi connectivity index (χ2v) is 9.87. The van der Waals surface area contributed by atoms with Gasteiger partial charge in [-0.2, -0.15) is 0 Å². The molecule has 4 aromatic rings. The predicted octanol–water partition coefficient (Wildman–Crippen LogP) is 6.85. The number of benzene rings is 4. The Balaban J connectivity index is 1.61. The number of aliphatic hydroxyl groups excluding tert-OH is 1. The summed E-state index contributed by atoms with van der Waals surface area (Å²) in [6.45, 7) is 4.63. The maximum Gasteiger partial charge on any atom is 0.300 e. The highest BCUT2D eigenvalue weighted by Gasteiger charge is 2.47. The summed E-state index contributed by atoms with van der Waals surface area (Å²) in [5.74, 6) is -0.141. The largest absolute Gasteiger partial charge is 0.507 e. The molecule has 202 valence electrons. The molecule has 1 saturated heterocycles. The second-order valence-electron chi connectivity index (χ2n) is 9.87. The van der Waals surface area contributed by atoms with E-state index in [9.17, 15) is 19.8 Å². The minimum atomic E-state index is -1.02. The Morgan fingerprint density at radius 3 is 2.20 bits per heavy atom. The molecule has 40 heavy (non-hydrogen) atoms. The van der Waals surface area contributed by atoms with Crippen molar-refractivity contribution in [2.75, 3.05) is 11.5 Å². The van der Waals surface area contributed by atoms with Crippen LogP contribution in [0, 0.1) is 5.92 Å². The lowest BCUT2D eigenvalue weighted by Crippen LogP contribution is -2.29. The SMILES string of the molecule is CC(C)COc1ccc(/C(O)=C2/C(=O)C(=O)N(c3ccccc3O)C2c2cccc(Oc3ccccc3)c2)cc1. The second kappa shape index (κ2) is 11.4. The Morgan fingerprint density at radius 1 is 0.825 bits per heavy atom. The number of hydrogen-bond donors (Lipinski definition) is 2. The van der Waals surface area contributed by atoms with E-state index in [1.807, 2.05) is 44.2 Å². The fourth-order valence-electron chi connectivity index (χ4n) is 4.56. The first-order valence-electron chi connectivity index (χ1n) is 13.0. The Labute approximate surface area is 232 Å². The van der Waals surface area contributed by atoms with Crippen LogP contribution in [-0.4, -0.2) is 28.5 Å². The van der Waals surface area contributed by atoms with E-state index >= 15 is 0 Å². The fraction of sp³-hybridized carbons (Fsp3) is 0.152. The molecule has 1 fully saturated rings. The molecule has 0 bridgehead atoms. The summed E-state index contributed by atoms with van der Waals surface area (Å²) in [5.41, 5.74) is 0.935. The summed E-state index contributed by atoms with van der Waals surface area (Å²) in [4.78, 5) is 28.1. The lowest BCUT2D eigenvalue weighted by molar-refractivity contribution is -0.132. The maximum absolute atomic E-state index is 13.5.